The van der Waals surface area contributed by atoms with Gasteiger partial charge in [0.25, 0.3) is 5.91 Å². The van der Waals surface area contributed by atoms with Gasteiger partial charge in [0.2, 0.25) is 0 Å². The molecule has 0 aromatic heterocycles. The molecule has 1 aromatic rings. The average Bonchev–Trinajstić information content (AvgIpc) is 2.36. The summed E-state index contributed by atoms with van der Waals surface area (Å²) in [5.74, 6) is 0.113. The van der Waals surface area contributed by atoms with E-state index in [1.165, 1.54) is 5.56 Å². The molecule has 2 heterocycles. The minimum absolute atomic E-state index is 0.113. The Morgan fingerprint density at radius 3 is 2.53 bits per heavy atom. The number of morpholine rings is 1. The number of rotatable bonds is 1. The second-order valence-corrected chi connectivity index (χ2v) is 5.80. The smallest absolute Gasteiger partial charge is 0.254 e. The molecule has 0 unspecified atom stereocenters. The molecule has 2 fully saturated rings. The van der Waals surface area contributed by atoms with Crippen LogP contribution in [0.15, 0.2) is 24.3 Å². The number of nitrogens with zero attached hydrogens (tertiary/aromatic N) is 2. The van der Waals surface area contributed by atoms with Gasteiger partial charge in [-0.2, -0.15) is 0 Å². The number of hydrogen-bond acceptors (Lipinski definition) is 3. The van der Waals surface area contributed by atoms with Crippen molar-refractivity contribution in [1.29, 1.82) is 0 Å². The number of carbonyl (C=O) groups excluding carboxylic acids is 1. The van der Waals surface area contributed by atoms with E-state index in [0.29, 0.717) is 13.1 Å². The predicted octanol–water partition coefficient (Wildman–Crippen LogP) is 1.15. The number of carbonyl (C=O) groups is 1. The van der Waals surface area contributed by atoms with Crippen molar-refractivity contribution in [3.8, 4) is 0 Å². The van der Waals surface area contributed by atoms with E-state index in [4.69, 9.17) is 4.74 Å². The molecule has 2 saturated heterocycles. The quantitative estimate of drug-likeness (QED) is 0.759. The molecule has 0 radical (unpaired) electrons. The summed E-state index contributed by atoms with van der Waals surface area (Å²) in [7, 11) is 2.11. The van der Waals surface area contributed by atoms with E-state index in [1.54, 1.807) is 0 Å². The Labute approximate surface area is 113 Å². The summed E-state index contributed by atoms with van der Waals surface area (Å²) in [6.07, 6.45) is 0. The van der Waals surface area contributed by atoms with Gasteiger partial charge in [-0.25, -0.2) is 0 Å². The molecule has 4 nitrogen and oxygen atoms in total. The van der Waals surface area contributed by atoms with Crippen LogP contribution in [0.3, 0.4) is 0 Å². The van der Waals surface area contributed by atoms with Crippen LogP contribution in [0.25, 0.3) is 0 Å². The summed E-state index contributed by atoms with van der Waals surface area (Å²) in [6, 6.07) is 7.76. The normalized spacial score (nSPS) is 22.3. The van der Waals surface area contributed by atoms with Crippen LogP contribution < -0.4 is 0 Å². The van der Waals surface area contributed by atoms with Gasteiger partial charge >= 0.3 is 0 Å². The van der Waals surface area contributed by atoms with Crippen molar-refractivity contribution >= 4 is 5.91 Å². The van der Waals surface area contributed by atoms with Crippen LogP contribution in [0.2, 0.25) is 0 Å². The lowest BCUT2D eigenvalue weighted by Gasteiger charge is -2.53. The van der Waals surface area contributed by atoms with Crippen molar-refractivity contribution in [2.24, 2.45) is 0 Å². The molecule has 2 aliphatic heterocycles. The van der Waals surface area contributed by atoms with Gasteiger partial charge in [0.15, 0.2) is 0 Å². The van der Waals surface area contributed by atoms with E-state index in [9.17, 15) is 4.79 Å². The summed E-state index contributed by atoms with van der Waals surface area (Å²) < 4.78 is 5.87. The molecule has 4 heteroatoms. The van der Waals surface area contributed by atoms with E-state index in [0.717, 1.165) is 25.3 Å². The minimum Gasteiger partial charge on any atom is -0.369 e. The molecular weight excluding hydrogens is 240 g/mol. The van der Waals surface area contributed by atoms with Crippen molar-refractivity contribution in [1.82, 2.24) is 9.80 Å². The number of aryl methyl sites for hydroxylation is 1. The molecule has 0 N–H and O–H groups in total. The molecule has 102 valence electrons. The third-order valence-electron chi connectivity index (χ3n) is 3.98. The van der Waals surface area contributed by atoms with Gasteiger partial charge in [0, 0.05) is 18.7 Å². The summed E-state index contributed by atoms with van der Waals surface area (Å²) in [6.45, 7) is 6.12. The number of amides is 1. The highest BCUT2D eigenvalue weighted by molar-refractivity contribution is 5.95. The molecular formula is C15H20N2O2. The molecule has 1 spiro atoms. The molecule has 0 atom stereocenters. The second-order valence-electron chi connectivity index (χ2n) is 5.80. The van der Waals surface area contributed by atoms with Crippen LogP contribution in [-0.4, -0.2) is 61.1 Å². The number of likely N-dealkylation sites (tertiary alicyclic amines) is 1. The Hall–Kier alpha value is -1.39. The maximum atomic E-state index is 12.3. The number of ether oxygens (including phenoxy) is 1. The third kappa shape index (κ3) is 2.38. The van der Waals surface area contributed by atoms with Crippen molar-refractivity contribution < 1.29 is 9.53 Å². The number of likely N-dealkylation sites (N-methyl/N-ethyl adjacent to an activating group) is 1. The lowest BCUT2D eigenvalue weighted by molar-refractivity contribution is -0.167. The zero-order chi connectivity index (χ0) is 13.5. The van der Waals surface area contributed by atoms with Gasteiger partial charge < -0.3 is 14.5 Å². The zero-order valence-corrected chi connectivity index (χ0v) is 11.6. The molecule has 19 heavy (non-hydrogen) atoms. The Balaban J connectivity index is 1.64. The van der Waals surface area contributed by atoms with Crippen molar-refractivity contribution in [3.05, 3.63) is 35.4 Å². The fourth-order valence-corrected chi connectivity index (χ4v) is 2.90. The second kappa shape index (κ2) is 4.62. The first-order valence-electron chi connectivity index (χ1n) is 6.76. The van der Waals surface area contributed by atoms with E-state index in [1.807, 2.05) is 36.1 Å². The average molecular weight is 260 g/mol. The summed E-state index contributed by atoms with van der Waals surface area (Å²) in [5.41, 5.74) is 1.83. The molecule has 1 amide bonds. The van der Waals surface area contributed by atoms with Crippen molar-refractivity contribution in [2.75, 3.05) is 39.8 Å². The fourth-order valence-electron chi connectivity index (χ4n) is 2.90. The topological polar surface area (TPSA) is 32.8 Å². The largest absolute Gasteiger partial charge is 0.369 e. The molecule has 0 saturated carbocycles. The lowest BCUT2D eigenvalue weighted by Crippen LogP contribution is -2.70. The molecule has 0 aliphatic carbocycles. The highest BCUT2D eigenvalue weighted by atomic mass is 16.5. The fraction of sp³-hybridized carbons (Fsp3) is 0.533. The maximum absolute atomic E-state index is 12.3. The van der Waals surface area contributed by atoms with E-state index in [2.05, 4.69) is 11.9 Å². The van der Waals surface area contributed by atoms with Gasteiger partial charge in [-0.05, 0) is 26.1 Å². The SMILES string of the molecule is Cc1ccc(C(=O)N2CC3(CN(C)CCO3)C2)cc1. The zero-order valence-electron chi connectivity index (χ0n) is 11.6. The summed E-state index contributed by atoms with van der Waals surface area (Å²) in [5, 5.41) is 0. The third-order valence-corrected chi connectivity index (χ3v) is 3.98. The van der Waals surface area contributed by atoms with Crippen LogP contribution in [-0.2, 0) is 4.74 Å². The van der Waals surface area contributed by atoms with Gasteiger partial charge in [-0.15, -0.1) is 0 Å². The predicted molar refractivity (Wildman–Crippen MR) is 73.3 cm³/mol. The molecule has 2 aliphatic rings. The Morgan fingerprint density at radius 1 is 1.21 bits per heavy atom. The monoisotopic (exact) mass is 260 g/mol. The maximum Gasteiger partial charge on any atom is 0.254 e. The van der Waals surface area contributed by atoms with Crippen LogP contribution >= 0.6 is 0 Å². The number of benzene rings is 1. The Bertz CT molecular complexity index is 477. The summed E-state index contributed by atoms with van der Waals surface area (Å²) >= 11 is 0. The van der Waals surface area contributed by atoms with Crippen LogP contribution in [0.1, 0.15) is 15.9 Å². The first-order valence-corrected chi connectivity index (χ1v) is 6.76. The summed E-state index contributed by atoms with van der Waals surface area (Å²) in [4.78, 5) is 16.5. The highest BCUT2D eigenvalue weighted by Crippen LogP contribution is 2.29. The Kier molecular flexibility index (Phi) is 3.07. The van der Waals surface area contributed by atoms with Gasteiger partial charge in [-0.1, -0.05) is 17.7 Å². The first-order chi connectivity index (χ1) is 9.08. The van der Waals surface area contributed by atoms with Crippen LogP contribution in [0, 0.1) is 6.92 Å². The van der Waals surface area contributed by atoms with Crippen LogP contribution in [0.5, 0.6) is 0 Å². The van der Waals surface area contributed by atoms with Gasteiger partial charge in [0.05, 0.1) is 19.7 Å². The number of hydrogen-bond donors (Lipinski definition) is 0. The molecule has 3 rings (SSSR count). The van der Waals surface area contributed by atoms with Crippen molar-refractivity contribution in [3.63, 3.8) is 0 Å². The highest BCUT2D eigenvalue weighted by Gasteiger charge is 2.48. The van der Waals surface area contributed by atoms with E-state index in [-0.39, 0.29) is 11.5 Å². The van der Waals surface area contributed by atoms with Gasteiger partial charge in [0.1, 0.15) is 5.60 Å². The lowest BCUT2D eigenvalue weighted by atomic mass is 9.91. The van der Waals surface area contributed by atoms with E-state index >= 15 is 0 Å². The minimum atomic E-state index is -0.118. The molecule has 1 aromatic carbocycles. The standard InChI is InChI=1S/C15H20N2O2/c1-12-3-5-13(6-4-12)14(18)17-10-15(11-17)9-16(2)7-8-19-15/h3-6H,7-11H2,1-2H3. The molecule has 0 bridgehead atoms. The van der Waals surface area contributed by atoms with Crippen molar-refractivity contribution in [2.45, 2.75) is 12.5 Å². The van der Waals surface area contributed by atoms with Crippen LogP contribution in [0.4, 0.5) is 0 Å². The van der Waals surface area contributed by atoms with Gasteiger partial charge in [-0.3, -0.25) is 4.79 Å². The Morgan fingerprint density at radius 2 is 1.89 bits per heavy atom. The first kappa shape index (κ1) is 12.6. The van der Waals surface area contributed by atoms with E-state index < -0.39 is 0 Å².